The molecule has 1 amide bonds. The summed E-state index contributed by atoms with van der Waals surface area (Å²) in [7, 11) is -3.19. The van der Waals surface area contributed by atoms with Crippen molar-refractivity contribution in [2.75, 3.05) is 26.2 Å². The number of likely N-dealkylation sites (tertiary alicyclic amines) is 1. The molecule has 21 heavy (non-hydrogen) atoms. The predicted octanol–water partition coefficient (Wildman–Crippen LogP) is 0.296. The van der Waals surface area contributed by atoms with E-state index >= 15 is 0 Å². The minimum absolute atomic E-state index is 0.0998. The van der Waals surface area contributed by atoms with Gasteiger partial charge >= 0.3 is 0 Å². The Morgan fingerprint density at radius 1 is 1.43 bits per heavy atom. The third-order valence-corrected chi connectivity index (χ3v) is 7.04. The Labute approximate surface area is 124 Å². The monoisotopic (exact) mass is 312 g/mol. The second kappa shape index (κ2) is 5.42. The number of amides is 1. The maximum atomic E-state index is 12.4. The molecule has 2 fully saturated rings. The third kappa shape index (κ3) is 2.46. The molecular weight excluding hydrogens is 292 g/mol. The molecule has 2 saturated heterocycles. The smallest absolute Gasteiger partial charge is 0.271 e. The second-order valence-corrected chi connectivity index (χ2v) is 7.79. The average Bonchev–Trinajstić information content (AvgIpc) is 2.99. The zero-order chi connectivity index (χ0) is 15.0. The van der Waals surface area contributed by atoms with Crippen LogP contribution in [0.4, 0.5) is 0 Å². The number of H-pyrrole nitrogens is 1. The van der Waals surface area contributed by atoms with Crippen molar-refractivity contribution in [1.82, 2.24) is 19.4 Å². The zero-order valence-electron chi connectivity index (χ0n) is 12.0. The molecule has 0 unspecified atom stereocenters. The lowest BCUT2D eigenvalue weighted by Gasteiger charge is -2.21. The summed E-state index contributed by atoms with van der Waals surface area (Å²) < 4.78 is 26.4. The fourth-order valence-corrected chi connectivity index (χ4v) is 5.61. The summed E-state index contributed by atoms with van der Waals surface area (Å²) in [4.78, 5) is 14.0. The molecular formula is C13H20N4O3S. The van der Waals surface area contributed by atoms with E-state index in [0.29, 0.717) is 38.3 Å². The quantitative estimate of drug-likeness (QED) is 0.851. The normalized spacial score (nSPS) is 29.1. The van der Waals surface area contributed by atoms with Crippen molar-refractivity contribution in [2.45, 2.75) is 25.0 Å². The lowest BCUT2D eigenvalue weighted by molar-refractivity contribution is 0.0753. The van der Waals surface area contributed by atoms with Gasteiger partial charge in [-0.15, -0.1) is 0 Å². The number of aromatic amines is 1. The van der Waals surface area contributed by atoms with Gasteiger partial charge in [-0.1, -0.05) is 6.92 Å². The Morgan fingerprint density at radius 2 is 2.19 bits per heavy atom. The van der Waals surface area contributed by atoms with Crippen LogP contribution in [0, 0.1) is 5.92 Å². The standard InChI is InChI=1S/C13H20N4O3S/c1-2-17-9-10-4-7-16(8-5-12(10)21(17,19)20)13(18)11-3-6-14-15-11/h3,6,10,12H,2,4-5,7-9H2,1H3,(H,14,15)/t10-,12-/m0/s1. The van der Waals surface area contributed by atoms with Gasteiger partial charge in [0.05, 0.1) is 5.25 Å². The largest absolute Gasteiger partial charge is 0.337 e. The van der Waals surface area contributed by atoms with Crippen LogP contribution in [-0.4, -0.2) is 65.2 Å². The van der Waals surface area contributed by atoms with Crippen LogP contribution in [0.3, 0.4) is 0 Å². The number of fused-ring (bicyclic) bond motifs is 1. The molecule has 1 aromatic rings. The van der Waals surface area contributed by atoms with Gasteiger partial charge in [-0.05, 0) is 24.8 Å². The minimum atomic E-state index is -3.19. The Hall–Kier alpha value is -1.41. The van der Waals surface area contributed by atoms with E-state index in [4.69, 9.17) is 0 Å². The van der Waals surface area contributed by atoms with Crippen molar-refractivity contribution in [3.8, 4) is 0 Å². The second-order valence-electron chi connectivity index (χ2n) is 5.63. The number of hydrogen-bond donors (Lipinski definition) is 1. The number of sulfonamides is 1. The highest BCUT2D eigenvalue weighted by Gasteiger charge is 2.46. The Morgan fingerprint density at radius 3 is 2.86 bits per heavy atom. The topological polar surface area (TPSA) is 86.4 Å². The van der Waals surface area contributed by atoms with Crippen LogP contribution in [0.2, 0.25) is 0 Å². The lowest BCUT2D eigenvalue weighted by atomic mass is 10.0. The number of rotatable bonds is 2. The lowest BCUT2D eigenvalue weighted by Crippen LogP contribution is -2.35. The van der Waals surface area contributed by atoms with Gasteiger partial charge in [0.1, 0.15) is 5.69 Å². The van der Waals surface area contributed by atoms with Crippen LogP contribution >= 0.6 is 0 Å². The van der Waals surface area contributed by atoms with E-state index in [1.165, 1.54) is 0 Å². The molecule has 0 saturated carbocycles. The molecule has 3 heterocycles. The maximum Gasteiger partial charge on any atom is 0.271 e. The van der Waals surface area contributed by atoms with Gasteiger partial charge in [-0.2, -0.15) is 5.10 Å². The van der Waals surface area contributed by atoms with E-state index in [0.717, 1.165) is 6.42 Å². The first kappa shape index (κ1) is 14.5. The van der Waals surface area contributed by atoms with Crippen LogP contribution in [-0.2, 0) is 10.0 Å². The molecule has 116 valence electrons. The number of carbonyl (C=O) groups excluding carboxylic acids is 1. The molecule has 0 spiro atoms. The fraction of sp³-hybridized carbons (Fsp3) is 0.692. The summed E-state index contributed by atoms with van der Waals surface area (Å²) in [5.41, 5.74) is 0.458. The van der Waals surface area contributed by atoms with E-state index in [9.17, 15) is 13.2 Å². The predicted molar refractivity (Wildman–Crippen MR) is 77.2 cm³/mol. The van der Waals surface area contributed by atoms with Crippen LogP contribution < -0.4 is 0 Å². The summed E-state index contributed by atoms with van der Waals surface area (Å²) in [6, 6.07) is 1.64. The van der Waals surface area contributed by atoms with Gasteiger partial charge in [0, 0.05) is 32.4 Å². The van der Waals surface area contributed by atoms with Gasteiger partial charge in [-0.25, -0.2) is 12.7 Å². The Kier molecular flexibility index (Phi) is 3.75. The maximum absolute atomic E-state index is 12.4. The van der Waals surface area contributed by atoms with Crippen LogP contribution in [0.1, 0.15) is 30.3 Å². The first-order valence-corrected chi connectivity index (χ1v) is 8.82. The molecule has 2 aliphatic heterocycles. The molecule has 7 nitrogen and oxygen atoms in total. The first-order valence-electron chi connectivity index (χ1n) is 7.31. The fourth-order valence-electron chi connectivity index (χ4n) is 3.35. The van der Waals surface area contributed by atoms with Crippen LogP contribution in [0.25, 0.3) is 0 Å². The van der Waals surface area contributed by atoms with Gasteiger partial charge in [0.15, 0.2) is 0 Å². The van der Waals surface area contributed by atoms with Gasteiger partial charge in [0.2, 0.25) is 10.0 Å². The molecule has 0 radical (unpaired) electrons. The van der Waals surface area contributed by atoms with Crippen molar-refractivity contribution in [3.63, 3.8) is 0 Å². The number of aromatic nitrogens is 2. The van der Waals surface area contributed by atoms with E-state index in [1.807, 2.05) is 6.92 Å². The van der Waals surface area contributed by atoms with Crippen LogP contribution in [0.15, 0.2) is 12.3 Å². The number of nitrogens with one attached hydrogen (secondary N) is 1. The molecule has 0 aromatic carbocycles. The van der Waals surface area contributed by atoms with Gasteiger partial charge in [-0.3, -0.25) is 9.89 Å². The molecule has 2 aliphatic rings. The van der Waals surface area contributed by atoms with E-state index in [-0.39, 0.29) is 17.1 Å². The van der Waals surface area contributed by atoms with Crippen molar-refractivity contribution in [2.24, 2.45) is 5.92 Å². The molecule has 2 atom stereocenters. The molecule has 3 rings (SSSR count). The van der Waals surface area contributed by atoms with E-state index in [1.54, 1.807) is 21.5 Å². The highest BCUT2D eigenvalue weighted by molar-refractivity contribution is 7.90. The van der Waals surface area contributed by atoms with Crippen LogP contribution in [0.5, 0.6) is 0 Å². The Balaban J connectivity index is 1.74. The number of hydrogen-bond acceptors (Lipinski definition) is 4. The summed E-state index contributed by atoms with van der Waals surface area (Å²) in [5.74, 6) is 0.0340. The molecule has 0 bridgehead atoms. The summed E-state index contributed by atoms with van der Waals surface area (Å²) in [5, 5.41) is 6.12. The van der Waals surface area contributed by atoms with Crippen molar-refractivity contribution in [3.05, 3.63) is 18.0 Å². The number of nitrogens with zero attached hydrogens (tertiary/aromatic N) is 3. The van der Waals surface area contributed by atoms with Gasteiger partial charge < -0.3 is 4.90 Å². The summed E-state index contributed by atoms with van der Waals surface area (Å²) >= 11 is 0. The first-order chi connectivity index (χ1) is 10.0. The summed E-state index contributed by atoms with van der Waals surface area (Å²) in [6.07, 6.45) is 2.80. The zero-order valence-corrected chi connectivity index (χ0v) is 12.8. The molecule has 1 N–H and O–H groups in total. The third-order valence-electron chi connectivity index (χ3n) is 4.53. The average molecular weight is 312 g/mol. The highest BCUT2D eigenvalue weighted by atomic mass is 32.2. The van der Waals surface area contributed by atoms with E-state index in [2.05, 4.69) is 10.2 Å². The molecule has 1 aromatic heterocycles. The molecule has 0 aliphatic carbocycles. The number of carbonyl (C=O) groups is 1. The summed E-state index contributed by atoms with van der Waals surface area (Å²) in [6.45, 7) is 4.08. The SMILES string of the molecule is CCN1C[C@@H]2CCN(C(=O)c3ccn[nH]3)CC[C@@H]2S1(=O)=O. The van der Waals surface area contributed by atoms with Crippen molar-refractivity contribution in [1.29, 1.82) is 0 Å². The van der Waals surface area contributed by atoms with E-state index < -0.39 is 10.0 Å². The minimum Gasteiger partial charge on any atom is -0.337 e. The molecule has 8 heteroatoms. The Bertz CT molecular complexity index is 613. The highest BCUT2D eigenvalue weighted by Crippen LogP contribution is 2.34. The van der Waals surface area contributed by atoms with Crippen molar-refractivity contribution >= 4 is 15.9 Å². The van der Waals surface area contributed by atoms with Crippen molar-refractivity contribution < 1.29 is 13.2 Å². The van der Waals surface area contributed by atoms with Gasteiger partial charge in [0.25, 0.3) is 5.91 Å².